The summed E-state index contributed by atoms with van der Waals surface area (Å²) in [5.41, 5.74) is 4.21. The van der Waals surface area contributed by atoms with Crippen molar-refractivity contribution in [2.45, 2.75) is 39.2 Å². The average molecular weight is 312 g/mol. The highest BCUT2D eigenvalue weighted by Gasteiger charge is 2.23. The van der Waals surface area contributed by atoms with Gasteiger partial charge < -0.3 is 9.64 Å². The second kappa shape index (κ2) is 6.67. The fraction of sp³-hybridized carbons (Fsp3) is 0.474. The van der Waals surface area contributed by atoms with E-state index in [0.717, 1.165) is 48.1 Å². The van der Waals surface area contributed by atoms with Crippen molar-refractivity contribution in [2.24, 2.45) is 0 Å². The molecule has 122 valence electrons. The number of nitrogens with zero attached hydrogens (tertiary/aromatic N) is 2. The predicted molar refractivity (Wildman–Crippen MR) is 91.5 cm³/mol. The minimum absolute atomic E-state index is 0.197. The van der Waals surface area contributed by atoms with E-state index in [2.05, 4.69) is 18.0 Å². The number of para-hydroxylation sites is 1. The largest absolute Gasteiger partial charge is 0.381 e. The van der Waals surface area contributed by atoms with Crippen molar-refractivity contribution >= 4 is 16.8 Å². The number of methoxy groups -OCH3 is 1. The minimum atomic E-state index is 0.197. The molecule has 1 aliphatic heterocycles. The Morgan fingerprint density at radius 1 is 1.26 bits per heavy atom. The Kier molecular flexibility index (Phi) is 4.62. The molecule has 1 aliphatic rings. The molecule has 0 aliphatic carbocycles. The number of likely N-dealkylation sites (tertiary alicyclic amines) is 1. The highest BCUT2D eigenvalue weighted by atomic mass is 16.5. The second-order valence-corrected chi connectivity index (χ2v) is 6.31. The smallest absolute Gasteiger partial charge is 0.227 e. The summed E-state index contributed by atoms with van der Waals surface area (Å²) in [5.74, 6) is 0.197. The normalized spacial score (nSPS) is 16.0. The van der Waals surface area contributed by atoms with Gasteiger partial charge in [-0.25, -0.2) is 0 Å². The van der Waals surface area contributed by atoms with Crippen LogP contribution >= 0.6 is 0 Å². The molecule has 1 aromatic heterocycles. The van der Waals surface area contributed by atoms with Gasteiger partial charge >= 0.3 is 0 Å². The topological polar surface area (TPSA) is 42.4 Å². The van der Waals surface area contributed by atoms with Crippen molar-refractivity contribution in [1.29, 1.82) is 0 Å². The van der Waals surface area contributed by atoms with Gasteiger partial charge in [-0.1, -0.05) is 18.2 Å². The maximum absolute atomic E-state index is 12.7. The molecule has 2 aromatic rings. The lowest BCUT2D eigenvalue weighted by molar-refractivity contribution is -0.132. The van der Waals surface area contributed by atoms with Crippen LogP contribution in [0, 0.1) is 13.8 Å². The molecule has 2 heterocycles. The van der Waals surface area contributed by atoms with Crippen molar-refractivity contribution in [3.63, 3.8) is 0 Å². The van der Waals surface area contributed by atoms with Crippen molar-refractivity contribution in [1.82, 2.24) is 9.88 Å². The molecular formula is C19H24N2O2. The number of carbonyl (C=O) groups excluding carboxylic acids is 1. The summed E-state index contributed by atoms with van der Waals surface area (Å²) in [4.78, 5) is 19.3. The number of hydrogen-bond donors (Lipinski definition) is 0. The molecule has 1 fully saturated rings. The number of piperidine rings is 1. The van der Waals surface area contributed by atoms with Crippen molar-refractivity contribution in [3.8, 4) is 0 Å². The summed E-state index contributed by atoms with van der Waals surface area (Å²) in [5, 5.41) is 1.14. The molecule has 0 N–H and O–H groups in total. The third-order valence-corrected chi connectivity index (χ3v) is 4.94. The highest BCUT2D eigenvalue weighted by Crippen LogP contribution is 2.24. The Bertz CT molecular complexity index is 719. The number of benzene rings is 1. The van der Waals surface area contributed by atoms with Gasteiger partial charge in [0.2, 0.25) is 5.91 Å². The van der Waals surface area contributed by atoms with Gasteiger partial charge in [0.1, 0.15) is 0 Å². The second-order valence-electron chi connectivity index (χ2n) is 6.31. The van der Waals surface area contributed by atoms with Crippen LogP contribution in [-0.4, -0.2) is 42.1 Å². The van der Waals surface area contributed by atoms with E-state index in [4.69, 9.17) is 4.74 Å². The molecule has 3 rings (SSSR count). The number of hydrogen-bond acceptors (Lipinski definition) is 3. The van der Waals surface area contributed by atoms with Crippen LogP contribution in [0.4, 0.5) is 0 Å². The highest BCUT2D eigenvalue weighted by molar-refractivity contribution is 5.86. The molecule has 0 atom stereocenters. The summed E-state index contributed by atoms with van der Waals surface area (Å²) < 4.78 is 5.38. The molecule has 0 bridgehead atoms. The summed E-state index contributed by atoms with van der Waals surface area (Å²) in [7, 11) is 1.75. The molecule has 1 aromatic carbocycles. The van der Waals surface area contributed by atoms with Crippen LogP contribution in [-0.2, 0) is 16.0 Å². The van der Waals surface area contributed by atoms with E-state index in [-0.39, 0.29) is 5.91 Å². The number of carbonyl (C=O) groups is 1. The first-order chi connectivity index (χ1) is 11.1. The lowest BCUT2D eigenvalue weighted by atomic mass is 9.98. The van der Waals surface area contributed by atoms with Gasteiger partial charge in [0.05, 0.1) is 18.0 Å². The predicted octanol–water partition coefficient (Wildman–Crippen LogP) is 3.03. The van der Waals surface area contributed by atoms with E-state index in [1.807, 2.05) is 30.0 Å². The number of pyridine rings is 1. The van der Waals surface area contributed by atoms with E-state index in [0.29, 0.717) is 12.5 Å². The van der Waals surface area contributed by atoms with Crippen LogP contribution in [0.5, 0.6) is 0 Å². The van der Waals surface area contributed by atoms with Gasteiger partial charge in [0.15, 0.2) is 0 Å². The quantitative estimate of drug-likeness (QED) is 0.875. The third kappa shape index (κ3) is 3.22. The number of ether oxygens (including phenoxy) is 1. The molecule has 4 heteroatoms. The van der Waals surface area contributed by atoms with Crippen LogP contribution in [0.2, 0.25) is 0 Å². The van der Waals surface area contributed by atoms with Crippen molar-refractivity contribution in [3.05, 3.63) is 41.1 Å². The first-order valence-electron chi connectivity index (χ1n) is 8.25. The number of fused-ring (bicyclic) bond motifs is 1. The van der Waals surface area contributed by atoms with Crippen molar-refractivity contribution < 1.29 is 9.53 Å². The van der Waals surface area contributed by atoms with Gasteiger partial charge in [-0.3, -0.25) is 9.78 Å². The monoisotopic (exact) mass is 312 g/mol. The molecule has 4 nitrogen and oxygen atoms in total. The van der Waals surface area contributed by atoms with Crippen LogP contribution in [0.1, 0.15) is 29.7 Å². The first kappa shape index (κ1) is 15.9. The SMILES string of the molecule is COC1CCN(C(=O)Cc2c(C)nc3ccccc3c2C)CC1. The Labute approximate surface area is 137 Å². The fourth-order valence-corrected chi connectivity index (χ4v) is 3.43. The van der Waals surface area contributed by atoms with Crippen LogP contribution < -0.4 is 0 Å². The summed E-state index contributed by atoms with van der Waals surface area (Å²) in [6.07, 6.45) is 2.59. The maximum Gasteiger partial charge on any atom is 0.227 e. The van der Waals surface area contributed by atoms with E-state index in [1.54, 1.807) is 7.11 Å². The summed E-state index contributed by atoms with van der Waals surface area (Å²) >= 11 is 0. The number of aromatic nitrogens is 1. The number of aryl methyl sites for hydroxylation is 2. The third-order valence-electron chi connectivity index (χ3n) is 4.94. The standard InChI is InChI=1S/C19H24N2O2/c1-13-16-6-4-5-7-18(16)20-14(2)17(13)12-19(22)21-10-8-15(23-3)9-11-21/h4-7,15H,8-12H2,1-3H3. The van der Waals surface area contributed by atoms with Gasteiger partial charge in [-0.15, -0.1) is 0 Å². The van der Waals surface area contributed by atoms with Gasteiger partial charge in [-0.2, -0.15) is 0 Å². The number of rotatable bonds is 3. The van der Waals surface area contributed by atoms with Crippen molar-refractivity contribution in [2.75, 3.05) is 20.2 Å². The zero-order valence-corrected chi connectivity index (χ0v) is 14.1. The maximum atomic E-state index is 12.7. The van der Waals surface area contributed by atoms with Crippen LogP contribution in [0.3, 0.4) is 0 Å². The summed E-state index contributed by atoms with van der Waals surface area (Å²) in [6.45, 7) is 5.67. The Hall–Kier alpha value is -1.94. The Morgan fingerprint density at radius 2 is 1.96 bits per heavy atom. The van der Waals surface area contributed by atoms with Gasteiger partial charge in [0.25, 0.3) is 0 Å². The zero-order chi connectivity index (χ0) is 16.4. The summed E-state index contributed by atoms with van der Waals surface area (Å²) in [6, 6.07) is 8.12. The lowest BCUT2D eigenvalue weighted by Gasteiger charge is -2.31. The molecule has 0 saturated carbocycles. The Balaban J connectivity index is 1.80. The van der Waals surface area contributed by atoms with E-state index >= 15 is 0 Å². The van der Waals surface area contributed by atoms with E-state index in [9.17, 15) is 4.79 Å². The minimum Gasteiger partial charge on any atom is -0.381 e. The first-order valence-corrected chi connectivity index (χ1v) is 8.25. The fourth-order valence-electron chi connectivity index (χ4n) is 3.43. The molecule has 0 unspecified atom stereocenters. The Morgan fingerprint density at radius 3 is 2.65 bits per heavy atom. The molecule has 23 heavy (non-hydrogen) atoms. The lowest BCUT2D eigenvalue weighted by Crippen LogP contribution is -2.41. The number of amides is 1. The molecule has 1 saturated heterocycles. The van der Waals surface area contributed by atoms with E-state index < -0.39 is 0 Å². The molecule has 0 radical (unpaired) electrons. The molecule has 0 spiro atoms. The molecular weight excluding hydrogens is 288 g/mol. The van der Waals surface area contributed by atoms with Gasteiger partial charge in [-0.05, 0) is 43.9 Å². The zero-order valence-electron chi connectivity index (χ0n) is 14.1. The van der Waals surface area contributed by atoms with Crippen LogP contribution in [0.25, 0.3) is 10.9 Å². The molecule has 1 amide bonds. The van der Waals surface area contributed by atoms with Gasteiger partial charge in [0, 0.05) is 31.3 Å². The average Bonchev–Trinajstić information content (AvgIpc) is 2.58. The van der Waals surface area contributed by atoms with E-state index in [1.165, 1.54) is 5.56 Å². The van der Waals surface area contributed by atoms with Crippen LogP contribution in [0.15, 0.2) is 24.3 Å².